The second-order valence-corrected chi connectivity index (χ2v) is 3.23. The van der Waals surface area contributed by atoms with E-state index in [4.69, 9.17) is 10.2 Å². The molecule has 0 bridgehead atoms. The molecule has 1 unspecified atom stereocenters. The van der Waals surface area contributed by atoms with Crippen molar-refractivity contribution in [2.45, 2.75) is 12.8 Å². The molecule has 1 aliphatic rings. The highest BCUT2D eigenvalue weighted by atomic mass is 16.3. The predicted molar refractivity (Wildman–Crippen MR) is 43.3 cm³/mol. The van der Waals surface area contributed by atoms with Crippen LogP contribution >= 0.6 is 0 Å². The zero-order valence-corrected chi connectivity index (χ0v) is 6.79. The van der Waals surface area contributed by atoms with Crippen molar-refractivity contribution in [2.75, 3.05) is 26.3 Å². The second-order valence-electron chi connectivity index (χ2n) is 3.23. The van der Waals surface area contributed by atoms with Crippen molar-refractivity contribution >= 4 is 0 Å². The normalized spacial score (nSPS) is 25.9. The third-order valence-corrected chi connectivity index (χ3v) is 2.47. The molecule has 11 heavy (non-hydrogen) atoms. The van der Waals surface area contributed by atoms with E-state index in [1.54, 1.807) is 0 Å². The van der Waals surface area contributed by atoms with Gasteiger partial charge in [-0.2, -0.15) is 0 Å². The third-order valence-electron chi connectivity index (χ3n) is 2.47. The van der Waals surface area contributed by atoms with E-state index in [1.165, 1.54) is 6.42 Å². The van der Waals surface area contributed by atoms with E-state index < -0.39 is 0 Å². The van der Waals surface area contributed by atoms with Gasteiger partial charge in [-0.05, 0) is 31.8 Å². The lowest BCUT2D eigenvalue weighted by atomic mass is 9.87. The van der Waals surface area contributed by atoms with Gasteiger partial charge >= 0.3 is 0 Å². The molecule has 1 saturated heterocycles. The van der Waals surface area contributed by atoms with E-state index in [9.17, 15) is 0 Å². The van der Waals surface area contributed by atoms with Crippen molar-refractivity contribution in [3.05, 3.63) is 0 Å². The molecular formula is C8H17NO2. The highest BCUT2D eigenvalue weighted by Crippen LogP contribution is 2.18. The molecule has 3 N–H and O–H groups in total. The summed E-state index contributed by atoms with van der Waals surface area (Å²) in [5.41, 5.74) is 0. The summed E-state index contributed by atoms with van der Waals surface area (Å²) >= 11 is 0. The maximum Gasteiger partial charge on any atom is 0.0484 e. The van der Waals surface area contributed by atoms with Crippen LogP contribution in [-0.4, -0.2) is 36.5 Å². The van der Waals surface area contributed by atoms with Gasteiger partial charge < -0.3 is 15.5 Å². The van der Waals surface area contributed by atoms with Crippen LogP contribution in [0.2, 0.25) is 0 Å². The Balaban J connectivity index is 2.30. The Morgan fingerprint density at radius 3 is 2.55 bits per heavy atom. The molecule has 0 radical (unpaired) electrons. The summed E-state index contributed by atoms with van der Waals surface area (Å²) in [5, 5.41) is 21.0. The highest BCUT2D eigenvalue weighted by molar-refractivity contribution is 4.75. The quantitative estimate of drug-likeness (QED) is 0.524. The SMILES string of the molecule is OCC(CO)C1CCCNC1. The van der Waals surface area contributed by atoms with Gasteiger partial charge in [0.25, 0.3) is 0 Å². The first-order valence-electron chi connectivity index (χ1n) is 4.31. The summed E-state index contributed by atoms with van der Waals surface area (Å²) in [7, 11) is 0. The van der Waals surface area contributed by atoms with Crippen LogP contribution in [0, 0.1) is 11.8 Å². The van der Waals surface area contributed by atoms with Gasteiger partial charge in [0, 0.05) is 19.1 Å². The van der Waals surface area contributed by atoms with Gasteiger partial charge in [0.1, 0.15) is 0 Å². The van der Waals surface area contributed by atoms with Crippen LogP contribution < -0.4 is 5.32 Å². The second kappa shape index (κ2) is 4.70. The summed E-state index contributed by atoms with van der Waals surface area (Å²) in [6.45, 7) is 2.26. The monoisotopic (exact) mass is 159 g/mol. The number of aliphatic hydroxyl groups excluding tert-OH is 2. The van der Waals surface area contributed by atoms with Gasteiger partial charge in [0.15, 0.2) is 0 Å². The maximum atomic E-state index is 8.89. The van der Waals surface area contributed by atoms with E-state index in [1.807, 2.05) is 0 Å². The first kappa shape index (κ1) is 8.97. The predicted octanol–water partition coefficient (Wildman–Crippen LogP) is -0.413. The molecule has 1 aliphatic heterocycles. The minimum Gasteiger partial charge on any atom is -0.396 e. The van der Waals surface area contributed by atoms with Gasteiger partial charge in [-0.1, -0.05) is 0 Å². The maximum absolute atomic E-state index is 8.89. The largest absolute Gasteiger partial charge is 0.396 e. The number of hydrogen-bond donors (Lipinski definition) is 3. The van der Waals surface area contributed by atoms with E-state index >= 15 is 0 Å². The molecule has 3 heteroatoms. The zero-order chi connectivity index (χ0) is 8.10. The first-order chi connectivity index (χ1) is 5.38. The molecule has 1 atom stereocenters. The van der Waals surface area contributed by atoms with Crippen LogP contribution in [0.4, 0.5) is 0 Å². The van der Waals surface area contributed by atoms with Crippen molar-refractivity contribution < 1.29 is 10.2 Å². The molecule has 1 fully saturated rings. The fourth-order valence-electron chi connectivity index (χ4n) is 1.64. The van der Waals surface area contributed by atoms with Gasteiger partial charge in [-0.15, -0.1) is 0 Å². The summed E-state index contributed by atoms with van der Waals surface area (Å²) in [6.07, 6.45) is 2.31. The van der Waals surface area contributed by atoms with Crippen LogP contribution in [0.1, 0.15) is 12.8 Å². The first-order valence-corrected chi connectivity index (χ1v) is 4.31. The molecule has 0 saturated carbocycles. The van der Waals surface area contributed by atoms with Crippen molar-refractivity contribution in [2.24, 2.45) is 11.8 Å². The summed E-state index contributed by atoms with van der Waals surface area (Å²) in [6, 6.07) is 0. The van der Waals surface area contributed by atoms with Crippen molar-refractivity contribution in [3.63, 3.8) is 0 Å². The van der Waals surface area contributed by atoms with Crippen LogP contribution in [0.3, 0.4) is 0 Å². The Kier molecular flexibility index (Phi) is 3.83. The van der Waals surface area contributed by atoms with Crippen LogP contribution in [0.25, 0.3) is 0 Å². The molecule has 1 heterocycles. The Morgan fingerprint density at radius 1 is 1.36 bits per heavy atom. The van der Waals surface area contributed by atoms with Crippen LogP contribution in [-0.2, 0) is 0 Å². The number of piperidine rings is 1. The van der Waals surface area contributed by atoms with E-state index in [2.05, 4.69) is 5.32 Å². The molecule has 0 aromatic carbocycles. The molecular weight excluding hydrogens is 142 g/mol. The average Bonchev–Trinajstić information content (AvgIpc) is 2.09. The summed E-state index contributed by atoms with van der Waals surface area (Å²) in [4.78, 5) is 0. The average molecular weight is 159 g/mol. The third kappa shape index (κ3) is 2.43. The van der Waals surface area contributed by atoms with Gasteiger partial charge in [-0.3, -0.25) is 0 Å². The molecule has 0 aliphatic carbocycles. The zero-order valence-electron chi connectivity index (χ0n) is 6.79. The van der Waals surface area contributed by atoms with E-state index in [0.29, 0.717) is 5.92 Å². The molecule has 0 spiro atoms. The lowest BCUT2D eigenvalue weighted by molar-refractivity contribution is 0.0940. The Morgan fingerprint density at radius 2 is 2.09 bits per heavy atom. The molecule has 0 amide bonds. The lowest BCUT2D eigenvalue weighted by Gasteiger charge is -2.28. The molecule has 1 rings (SSSR count). The molecule has 0 aromatic rings. The Bertz CT molecular complexity index is 98.3. The topological polar surface area (TPSA) is 52.5 Å². The smallest absolute Gasteiger partial charge is 0.0484 e. The van der Waals surface area contributed by atoms with Crippen LogP contribution in [0.5, 0.6) is 0 Å². The van der Waals surface area contributed by atoms with Crippen molar-refractivity contribution in [1.29, 1.82) is 0 Å². The van der Waals surface area contributed by atoms with E-state index in [0.717, 1.165) is 19.5 Å². The number of hydrogen-bond acceptors (Lipinski definition) is 3. The number of rotatable bonds is 3. The fourth-order valence-corrected chi connectivity index (χ4v) is 1.64. The minimum absolute atomic E-state index is 0.0859. The Hall–Kier alpha value is -0.120. The van der Waals surface area contributed by atoms with Gasteiger partial charge in [-0.25, -0.2) is 0 Å². The number of nitrogens with one attached hydrogen (secondary N) is 1. The van der Waals surface area contributed by atoms with Crippen molar-refractivity contribution in [3.8, 4) is 0 Å². The Labute approximate surface area is 67.4 Å². The summed E-state index contributed by atoms with van der Waals surface area (Å²) in [5.74, 6) is 0.557. The minimum atomic E-state index is 0.0859. The summed E-state index contributed by atoms with van der Waals surface area (Å²) < 4.78 is 0. The molecule has 66 valence electrons. The van der Waals surface area contributed by atoms with Gasteiger partial charge in [0.2, 0.25) is 0 Å². The highest BCUT2D eigenvalue weighted by Gasteiger charge is 2.21. The fraction of sp³-hybridized carbons (Fsp3) is 1.00. The van der Waals surface area contributed by atoms with E-state index in [-0.39, 0.29) is 19.1 Å². The molecule has 3 nitrogen and oxygen atoms in total. The standard InChI is InChI=1S/C8H17NO2/c10-5-8(6-11)7-2-1-3-9-4-7/h7-11H,1-6H2. The number of aliphatic hydroxyl groups is 2. The van der Waals surface area contributed by atoms with Crippen molar-refractivity contribution in [1.82, 2.24) is 5.32 Å². The van der Waals surface area contributed by atoms with Crippen LogP contribution in [0.15, 0.2) is 0 Å². The van der Waals surface area contributed by atoms with Gasteiger partial charge in [0.05, 0.1) is 0 Å². The molecule has 0 aromatic heterocycles. The lowest BCUT2D eigenvalue weighted by Crippen LogP contribution is -2.36.